The van der Waals surface area contributed by atoms with Crippen LogP contribution in [0.25, 0.3) is 0 Å². The van der Waals surface area contributed by atoms with Gasteiger partial charge in [0.1, 0.15) is 0 Å². The number of hydrogen-bond acceptors (Lipinski definition) is 2. The Bertz CT molecular complexity index is 213. The normalized spacial score (nSPS) is 21.9. The third kappa shape index (κ3) is 8.65. The Balaban J connectivity index is 1.79. The predicted octanol–water partition coefficient (Wildman–Crippen LogP) is 5.45. The van der Waals surface area contributed by atoms with Crippen LogP contribution in [0.1, 0.15) is 91.4 Å². The molecule has 0 radical (unpaired) electrons. The lowest BCUT2D eigenvalue weighted by Crippen LogP contribution is -2.21. The summed E-state index contributed by atoms with van der Waals surface area (Å²) >= 11 is 0. The summed E-state index contributed by atoms with van der Waals surface area (Å²) in [5.74, 6) is -0.344. The quantitative estimate of drug-likeness (QED) is 0.465. The first-order chi connectivity index (χ1) is 9.14. The van der Waals surface area contributed by atoms with Crippen LogP contribution in [0.3, 0.4) is 0 Å². The highest BCUT2D eigenvalue weighted by atomic mass is 16.7. The molecule has 0 amide bonds. The molecule has 0 aliphatic carbocycles. The lowest BCUT2D eigenvalue weighted by molar-refractivity contribution is -0.139. The van der Waals surface area contributed by atoms with Gasteiger partial charge >= 0.3 is 0 Å². The number of rotatable bonds is 11. The highest BCUT2D eigenvalue weighted by molar-refractivity contribution is 4.70. The van der Waals surface area contributed by atoms with Gasteiger partial charge in [-0.25, -0.2) is 0 Å². The number of unbranched alkanes of at least 4 members (excludes halogenated alkanes) is 9. The number of ether oxygens (including phenoxy) is 2. The summed E-state index contributed by atoms with van der Waals surface area (Å²) in [4.78, 5) is 0. The Morgan fingerprint density at radius 3 is 1.84 bits per heavy atom. The fourth-order valence-corrected chi connectivity index (χ4v) is 2.76. The third-order valence-electron chi connectivity index (χ3n) is 3.95. The van der Waals surface area contributed by atoms with Crippen molar-refractivity contribution in [3.8, 4) is 0 Å². The molecule has 1 saturated heterocycles. The first kappa shape index (κ1) is 17.0. The lowest BCUT2D eigenvalue weighted by atomic mass is 10.0. The molecular formula is C17H34O2. The zero-order chi connectivity index (χ0) is 14.0. The summed E-state index contributed by atoms with van der Waals surface area (Å²) in [6, 6.07) is 0. The van der Waals surface area contributed by atoms with Crippen LogP contribution in [0, 0.1) is 0 Å². The monoisotopic (exact) mass is 270 g/mol. The Labute approximate surface area is 120 Å². The van der Waals surface area contributed by atoms with Gasteiger partial charge in [-0.2, -0.15) is 0 Å². The second-order valence-corrected chi connectivity index (χ2v) is 6.42. The second kappa shape index (κ2) is 9.77. The molecule has 0 saturated carbocycles. The van der Waals surface area contributed by atoms with Crippen molar-refractivity contribution >= 4 is 0 Å². The first-order valence-electron chi connectivity index (χ1n) is 8.46. The van der Waals surface area contributed by atoms with Gasteiger partial charge in [-0.3, -0.25) is 0 Å². The van der Waals surface area contributed by atoms with Crippen molar-refractivity contribution in [1.29, 1.82) is 0 Å². The third-order valence-corrected chi connectivity index (χ3v) is 3.95. The van der Waals surface area contributed by atoms with Crippen LogP contribution in [0.5, 0.6) is 0 Å². The van der Waals surface area contributed by atoms with Crippen molar-refractivity contribution in [3.63, 3.8) is 0 Å². The van der Waals surface area contributed by atoms with E-state index < -0.39 is 0 Å². The van der Waals surface area contributed by atoms with E-state index in [1.165, 1.54) is 70.6 Å². The van der Waals surface area contributed by atoms with Crippen LogP contribution in [0.4, 0.5) is 0 Å². The van der Waals surface area contributed by atoms with Gasteiger partial charge in [0, 0.05) is 0 Å². The summed E-state index contributed by atoms with van der Waals surface area (Å²) in [7, 11) is 0. The Morgan fingerprint density at radius 1 is 0.842 bits per heavy atom. The molecule has 2 nitrogen and oxygen atoms in total. The molecule has 0 aromatic heterocycles. The molecule has 2 heteroatoms. The Morgan fingerprint density at radius 2 is 1.37 bits per heavy atom. The van der Waals surface area contributed by atoms with E-state index in [1.807, 2.05) is 13.8 Å². The van der Waals surface area contributed by atoms with Crippen molar-refractivity contribution in [1.82, 2.24) is 0 Å². The topological polar surface area (TPSA) is 18.5 Å². The SMILES string of the molecule is CCCCCCCCCCCCC1COC(C)(C)O1. The van der Waals surface area contributed by atoms with E-state index in [4.69, 9.17) is 9.47 Å². The summed E-state index contributed by atoms with van der Waals surface area (Å²) in [5.41, 5.74) is 0. The zero-order valence-corrected chi connectivity index (χ0v) is 13.4. The van der Waals surface area contributed by atoms with Crippen molar-refractivity contribution in [2.75, 3.05) is 6.61 Å². The predicted molar refractivity (Wildman–Crippen MR) is 81.4 cm³/mol. The van der Waals surface area contributed by atoms with Crippen molar-refractivity contribution < 1.29 is 9.47 Å². The van der Waals surface area contributed by atoms with Gasteiger partial charge in [0.15, 0.2) is 5.79 Å². The highest BCUT2D eigenvalue weighted by Crippen LogP contribution is 2.25. The molecule has 0 aromatic rings. The minimum absolute atomic E-state index is 0.337. The van der Waals surface area contributed by atoms with Gasteiger partial charge in [-0.15, -0.1) is 0 Å². The standard InChI is InChI=1S/C17H34O2/c1-4-5-6-7-8-9-10-11-12-13-14-16-15-18-17(2,3)19-16/h16H,4-15H2,1-3H3. The molecule has 1 aliphatic rings. The van der Waals surface area contributed by atoms with E-state index in [1.54, 1.807) is 0 Å². The van der Waals surface area contributed by atoms with Crippen LogP contribution in [-0.2, 0) is 9.47 Å². The average Bonchev–Trinajstić information content (AvgIpc) is 2.71. The summed E-state index contributed by atoms with van der Waals surface area (Å²) < 4.78 is 11.4. The summed E-state index contributed by atoms with van der Waals surface area (Å²) in [6.45, 7) is 7.07. The molecule has 114 valence electrons. The minimum Gasteiger partial charge on any atom is -0.348 e. The van der Waals surface area contributed by atoms with Crippen molar-refractivity contribution in [2.24, 2.45) is 0 Å². The van der Waals surface area contributed by atoms with E-state index in [9.17, 15) is 0 Å². The molecule has 1 rings (SSSR count). The number of hydrogen-bond donors (Lipinski definition) is 0. The molecule has 19 heavy (non-hydrogen) atoms. The van der Waals surface area contributed by atoms with Crippen LogP contribution in [-0.4, -0.2) is 18.5 Å². The fraction of sp³-hybridized carbons (Fsp3) is 1.00. The maximum absolute atomic E-state index is 5.81. The minimum atomic E-state index is -0.344. The molecule has 1 fully saturated rings. The van der Waals surface area contributed by atoms with Gasteiger partial charge < -0.3 is 9.47 Å². The van der Waals surface area contributed by atoms with E-state index in [0.29, 0.717) is 6.10 Å². The fourth-order valence-electron chi connectivity index (χ4n) is 2.76. The highest BCUT2D eigenvalue weighted by Gasteiger charge is 2.31. The largest absolute Gasteiger partial charge is 0.348 e. The second-order valence-electron chi connectivity index (χ2n) is 6.42. The summed E-state index contributed by atoms with van der Waals surface area (Å²) in [6.07, 6.45) is 15.5. The first-order valence-corrected chi connectivity index (χ1v) is 8.46. The maximum atomic E-state index is 5.81. The molecule has 1 atom stereocenters. The van der Waals surface area contributed by atoms with E-state index >= 15 is 0 Å². The van der Waals surface area contributed by atoms with Crippen LogP contribution in [0.15, 0.2) is 0 Å². The average molecular weight is 270 g/mol. The molecule has 0 N–H and O–H groups in total. The molecule has 1 unspecified atom stereocenters. The zero-order valence-electron chi connectivity index (χ0n) is 13.4. The van der Waals surface area contributed by atoms with Crippen LogP contribution in [0.2, 0.25) is 0 Å². The molecule has 1 heterocycles. The van der Waals surface area contributed by atoms with Crippen molar-refractivity contribution in [3.05, 3.63) is 0 Å². The molecule has 0 bridgehead atoms. The van der Waals surface area contributed by atoms with Gasteiger partial charge in [0.25, 0.3) is 0 Å². The van der Waals surface area contributed by atoms with E-state index in [-0.39, 0.29) is 5.79 Å². The maximum Gasteiger partial charge on any atom is 0.163 e. The van der Waals surface area contributed by atoms with Gasteiger partial charge in [0.2, 0.25) is 0 Å². The van der Waals surface area contributed by atoms with Crippen LogP contribution < -0.4 is 0 Å². The molecule has 1 aliphatic heterocycles. The van der Waals surface area contributed by atoms with E-state index in [0.717, 1.165) is 6.61 Å². The summed E-state index contributed by atoms with van der Waals surface area (Å²) in [5, 5.41) is 0. The molecular weight excluding hydrogens is 236 g/mol. The lowest BCUT2D eigenvalue weighted by Gasteiger charge is -2.16. The van der Waals surface area contributed by atoms with Crippen LogP contribution >= 0.6 is 0 Å². The Hall–Kier alpha value is -0.0800. The van der Waals surface area contributed by atoms with E-state index in [2.05, 4.69) is 6.92 Å². The van der Waals surface area contributed by atoms with Gasteiger partial charge in [-0.1, -0.05) is 71.1 Å². The van der Waals surface area contributed by atoms with Crippen molar-refractivity contribution in [2.45, 2.75) is 103 Å². The van der Waals surface area contributed by atoms with Gasteiger partial charge in [-0.05, 0) is 20.3 Å². The molecule has 0 aromatic carbocycles. The van der Waals surface area contributed by atoms with Gasteiger partial charge in [0.05, 0.1) is 12.7 Å². The smallest absolute Gasteiger partial charge is 0.163 e. The molecule has 0 spiro atoms. The Kier molecular flexibility index (Phi) is 8.72.